The van der Waals surface area contributed by atoms with Crippen molar-refractivity contribution in [1.29, 1.82) is 0 Å². The summed E-state index contributed by atoms with van der Waals surface area (Å²) in [5, 5.41) is 3.55. The van der Waals surface area contributed by atoms with E-state index in [0.717, 1.165) is 17.8 Å². The van der Waals surface area contributed by atoms with Crippen LogP contribution in [0, 0.1) is 11.8 Å². The van der Waals surface area contributed by atoms with Crippen LogP contribution in [-0.2, 0) is 11.6 Å². The number of amides is 1. The van der Waals surface area contributed by atoms with Gasteiger partial charge in [0, 0.05) is 36.0 Å². The fourth-order valence-electron chi connectivity index (χ4n) is 3.25. The second-order valence-electron chi connectivity index (χ2n) is 6.65. The number of halogens is 4. The molecule has 0 bridgehead atoms. The second kappa shape index (κ2) is 7.72. The predicted octanol–water partition coefficient (Wildman–Crippen LogP) is 4.39. The van der Waals surface area contributed by atoms with Gasteiger partial charge in [0.25, 0.3) is 5.91 Å². The third kappa shape index (κ3) is 4.23. The molecule has 0 saturated carbocycles. The Labute approximate surface area is 165 Å². The number of rotatable bonds is 5. The van der Waals surface area contributed by atoms with E-state index >= 15 is 0 Å². The van der Waals surface area contributed by atoms with Crippen molar-refractivity contribution in [3.63, 3.8) is 0 Å². The van der Waals surface area contributed by atoms with Gasteiger partial charge < -0.3 is 11.1 Å². The smallest absolute Gasteiger partial charge is 0.383 e. The molecule has 1 amide bonds. The lowest BCUT2D eigenvalue weighted by atomic mass is 9.72. The average Bonchev–Trinajstić information content (AvgIpc) is 2.66. The van der Waals surface area contributed by atoms with E-state index in [1.54, 1.807) is 6.07 Å². The molecule has 0 spiro atoms. The molecule has 2 aromatic rings. The highest BCUT2D eigenvalue weighted by atomic mass is 35.5. The van der Waals surface area contributed by atoms with Gasteiger partial charge in [0.05, 0.1) is 11.3 Å². The third-order valence-corrected chi connectivity index (χ3v) is 5.03. The molecule has 0 saturated heterocycles. The standard InChI is InChI=1S/C20H17ClF3N3O/c21-14-6-4-5-13(9-14)19(7-2-1-3-8-19)12-27-16-10-17(20(22,23)24)26-11-15(16)18(25)28/h4-6,9-11H,2,7-8,12H2,(H2,25,28)(H,26,27). The van der Waals surface area contributed by atoms with Gasteiger partial charge in [0.2, 0.25) is 0 Å². The van der Waals surface area contributed by atoms with Crippen molar-refractivity contribution in [3.05, 3.63) is 58.4 Å². The number of nitrogens with two attached hydrogens (primary N) is 1. The van der Waals surface area contributed by atoms with Gasteiger partial charge in [-0.2, -0.15) is 13.2 Å². The Hall–Kier alpha value is -2.72. The van der Waals surface area contributed by atoms with E-state index in [4.69, 9.17) is 17.3 Å². The molecule has 1 heterocycles. The highest BCUT2D eigenvalue weighted by Crippen LogP contribution is 2.37. The summed E-state index contributed by atoms with van der Waals surface area (Å²) in [6, 6.07) is 8.14. The van der Waals surface area contributed by atoms with Gasteiger partial charge in [-0.15, -0.1) is 11.8 Å². The van der Waals surface area contributed by atoms with Crippen molar-refractivity contribution >= 4 is 23.2 Å². The molecular formula is C20H17ClF3N3O. The summed E-state index contributed by atoms with van der Waals surface area (Å²) in [5.41, 5.74) is 4.59. The van der Waals surface area contributed by atoms with E-state index in [9.17, 15) is 18.0 Å². The van der Waals surface area contributed by atoms with Crippen LogP contribution in [0.4, 0.5) is 18.9 Å². The van der Waals surface area contributed by atoms with Crippen LogP contribution in [0.5, 0.6) is 0 Å². The maximum atomic E-state index is 13.0. The van der Waals surface area contributed by atoms with E-state index in [1.807, 2.05) is 18.2 Å². The zero-order valence-corrected chi connectivity index (χ0v) is 15.5. The van der Waals surface area contributed by atoms with E-state index in [1.165, 1.54) is 0 Å². The molecule has 0 aliphatic heterocycles. The zero-order valence-electron chi connectivity index (χ0n) is 14.7. The summed E-state index contributed by atoms with van der Waals surface area (Å²) in [7, 11) is 0. The van der Waals surface area contributed by atoms with Crippen molar-refractivity contribution in [3.8, 4) is 11.8 Å². The topological polar surface area (TPSA) is 68.0 Å². The van der Waals surface area contributed by atoms with Crippen LogP contribution in [0.2, 0.25) is 5.02 Å². The Balaban J connectivity index is 1.96. The number of aromatic nitrogens is 1. The van der Waals surface area contributed by atoms with Crippen molar-refractivity contribution in [1.82, 2.24) is 4.98 Å². The van der Waals surface area contributed by atoms with E-state index < -0.39 is 23.2 Å². The van der Waals surface area contributed by atoms with Gasteiger partial charge >= 0.3 is 6.18 Å². The molecule has 4 nitrogen and oxygen atoms in total. The monoisotopic (exact) mass is 407 g/mol. The molecule has 1 aliphatic rings. The average molecular weight is 408 g/mol. The van der Waals surface area contributed by atoms with Gasteiger partial charge in [0.1, 0.15) is 5.69 Å². The normalized spacial score (nSPS) is 18.9. The maximum absolute atomic E-state index is 13.0. The summed E-state index contributed by atoms with van der Waals surface area (Å²) in [5.74, 6) is 5.27. The number of hydrogen-bond acceptors (Lipinski definition) is 3. The van der Waals surface area contributed by atoms with Crippen molar-refractivity contribution < 1.29 is 18.0 Å². The van der Waals surface area contributed by atoms with Gasteiger partial charge in [-0.3, -0.25) is 9.78 Å². The molecule has 0 fully saturated rings. The largest absolute Gasteiger partial charge is 0.433 e. The van der Waals surface area contributed by atoms with E-state index in [0.29, 0.717) is 24.3 Å². The minimum absolute atomic E-state index is 0.00485. The summed E-state index contributed by atoms with van der Waals surface area (Å²) in [4.78, 5) is 15.0. The first-order chi connectivity index (χ1) is 13.2. The number of carbonyl (C=O) groups is 1. The van der Waals surface area contributed by atoms with Crippen molar-refractivity contribution in [2.24, 2.45) is 5.73 Å². The lowest BCUT2D eigenvalue weighted by Crippen LogP contribution is -2.36. The number of pyridine rings is 1. The summed E-state index contributed by atoms with van der Waals surface area (Å²) < 4.78 is 39.1. The lowest BCUT2D eigenvalue weighted by molar-refractivity contribution is -0.141. The van der Waals surface area contributed by atoms with Gasteiger partial charge in [-0.05, 0) is 30.2 Å². The number of alkyl halides is 3. The Bertz CT molecular complexity index is 965. The zero-order chi connectivity index (χ0) is 20.4. The van der Waals surface area contributed by atoms with Gasteiger partial charge in [-0.1, -0.05) is 23.7 Å². The molecule has 1 aromatic carbocycles. The number of carbonyl (C=O) groups excluding carboxylic acids is 1. The molecule has 1 aliphatic carbocycles. The molecule has 0 radical (unpaired) electrons. The molecule has 3 N–H and O–H groups in total. The van der Waals surface area contributed by atoms with Crippen LogP contribution in [0.1, 0.15) is 40.9 Å². The lowest BCUT2D eigenvalue weighted by Gasteiger charge is -2.35. The maximum Gasteiger partial charge on any atom is 0.433 e. The van der Waals surface area contributed by atoms with Crippen molar-refractivity contribution in [2.45, 2.75) is 30.9 Å². The third-order valence-electron chi connectivity index (χ3n) is 4.79. The fraction of sp³-hybridized carbons (Fsp3) is 0.300. The number of primary amides is 1. The molecular weight excluding hydrogens is 391 g/mol. The van der Waals surface area contributed by atoms with E-state index in [-0.39, 0.29) is 17.8 Å². The highest BCUT2D eigenvalue weighted by Gasteiger charge is 2.35. The SMILES string of the molecule is NC(=O)c1cnc(C(F)(F)F)cc1NCC1(c2cccc(Cl)c2)CC#CCC1. The highest BCUT2D eigenvalue weighted by molar-refractivity contribution is 6.30. The first-order valence-corrected chi connectivity index (χ1v) is 8.92. The van der Waals surface area contributed by atoms with Crippen LogP contribution in [0.3, 0.4) is 0 Å². The summed E-state index contributed by atoms with van der Waals surface area (Å²) >= 11 is 6.13. The predicted molar refractivity (Wildman–Crippen MR) is 101 cm³/mol. The van der Waals surface area contributed by atoms with Crippen LogP contribution in [0.15, 0.2) is 36.5 Å². The number of benzene rings is 1. The number of nitrogens with zero attached hydrogens (tertiary/aromatic N) is 1. The number of nitrogens with one attached hydrogen (secondary N) is 1. The van der Waals surface area contributed by atoms with Gasteiger partial charge in [-0.25, -0.2) is 0 Å². The quantitative estimate of drug-likeness (QED) is 0.722. The van der Waals surface area contributed by atoms with Crippen LogP contribution in [0.25, 0.3) is 0 Å². The Morgan fingerprint density at radius 1 is 1.32 bits per heavy atom. The van der Waals surface area contributed by atoms with Crippen LogP contribution < -0.4 is 11.1 Å². The number of anilines is 1. The molecule has 3 rings (SSSR count). The van der Waals surface area contributed by atoms with Crippen molar-refractivity contribution in [2.75, 3.05) is 11.9 Å². The Kier molecular flexibility index (Phi) is 5.52. The first-order valence-electron chi connectivity index (χ1n) is 8.54. The second-order valence-corrected chi connectivity index (χ2v) is 7.09. The van der Waals surface area contributed by atoms with E-state index in [2.05, 4.69) is 22.1 Å². The minimum atomic E-state index is -4.63. The molecule has 1 atom stereocenters. The number of hydrogen-bond donors (Lipinski definition) is 2. The Morgan fingerprint density at radius 2 is 2.11 bits per heavy atom. The molecule has 1 aromatic heterocycles. The molecule has 1 unspecified atom stereocenters. The van der Waals surface area contributed by atoms with Crippen LogP contribution >= 0.6 is 11.6 Å². The summed E-state index contributed by atoms with van der Waals surface area (Å²) in [6.07, 6.45) is -1.91. The Morgan fingerprint density at radius 3 is 2.71 bits per heavy atom. The molecule has 28 heavy (non-hydrogen) atoms. The molecule has 8 heteroatoms. The molecule has 146 valence electrons. The first kappa shape index (κ1) is 20.0. The van der Waals surface area contributed by atoms with Gasteiger partial charge in [0.15, 0.2) is 0 Å². The summed E-state index contributed by atoms with van der Waals surface area (Å²) in [6.45, 7) is 0.267. The van der Waals surface area contributed by atoms with Crippen LogP contribution in [-0.4, -0.2) is 17.4 Å². The minimum Gasteiger partial charge on any atom is -0.383 e. The fourth-order valence-corrected chi connectivity index (χ4v) is 3.44.